The number of anilines is 3. The fourth-order valence-electron chi connectivity index (χ4n) is 2.76. The normalized spacial score (nSPS) is 10.4. The molecule has 0 bridgehead atoms. The summed E-state index contributed by atoms with van der Waals surface area (Å²) < 4.78 is 0. The van der Waals surface area contributed by atoms with Gasteiger partial charge in [-0.05, 0) is 18.1 Å². The summed E-state index contributed by atoms with van der Waals surface area (Å²) in [7, 11) is 0. The minimum Gasteiger partial charge on any atom is -0.393 e. The molecular weight excluding hydrogens is 310 g/mol. The van der Waals surface area contributed by atoms with Crippen molar-refractivity contribution in [3.05, 3.63) is 78.1 Å². The Morgan fingerprint density at radius 1 is 0.880 bits per heavy atom. The van der Waals surface area contributed by atoms with Gasteiger partial charge in [0, 0.05) is 19.6 Å². The van der Waals surface area contributed by atoms with Crippen LogP contribution in [-0.4, -0.2) is 16.5 Å². The number of hydrogen-bond acceptors (Lipinski definition) is 5. The third-order valence-electron chi connectivity index (χ3n) is 3.94. The van der Waals surface area contributed by atoms with Crippen LogP contribution in [0.15, 0.2) is 67.0 Å². The SMILES string of the molecule is CCNc1ncnc(N(Cc2ccccc2)Cc2ccccc2)c1N. The summed E-state index contributed by atoms with van der Waals surface area (Å²) in [5.41, 5.74) is 9.35. The van der Waals surface area contributed by atoms with Crippen molar-refractivity contribution in [2.75, 3.05) is 22.5 Å². The Morgan fingerprint density at radius 2 is 1.44 bits per heavy atom. The lowest BCUT2D eigenvalue weighted by Gasteiger charge is -2.26. The molecule has 1 aromatic heterocycles. The average molecular weight is 333 g/mol. The first-order chi connectivity index (χ1) is 12.3. The molecule has 5 nitrogen and oxygen atoms in total. The maximum atomic E-state index is 6.35. The predicted octanol–water partition coefficient (Wildman–Crippen LogP) is 3.70. The Kier molecular flexibility index (Phi) is 5.46. The standard InChI is InChI=1S/C20H23N5/c1-2-22-19-18(21)20(24-15-23-19)25(13-16-9-5-3-6-10-16)14-17-11-7-4-8-12-17/h3-12,15H,2,13-14,21H2,1H3,(H,22,23,24). The van der Waals surface area contributed by atoms with Crippen molar-refractivity contribution in [3.8, 4) is 0 Å². The highest BCUT2D eigenvalue weighted by Gasteiger charge is 2.16. The molecule has 0 fully saturated rings. The summed E-state index contributed by atoms with van der Waals surface area (Å²) in [6, 6.07) is 20.7. The quantitative estimate of drug-likeness (QED) is 0.690. The Morgan fingerprint density at radius 3 is 1.96 bits per heavy atom. The summed E-state index contributed by atoms with van der Waals surface area (Å²) in [5, 5.41) is 3.20. The number of nitrogens with one attached hydrogen (secondary N) is 1. The van der Waals surface area contributed by atoms with Crippen molar-refractivity contribution in [3.63, 3.8) is 0 Å². The molecule has 0 radical (unpaired) electrons. The molecule has 128 valence electrons. The van der Waals surface area contributed by atoms with Crippen molar-refractivity contribution in [1.29, 1.82) is 0 Å². The molecule has 3 aromatic rings. The monoisotopic (exact) mass is 333 g/mol. The zero-order valence-corrected chi connectivity index (χ0v) is 14.4. The lowest BCUT2D eigenvalue weighted by Crippen LogP contribution is -2.25. The first kappa shape index (κ1) is 16.8. The van der Waals surface area contributed by atoms with Gasteiger partial charge < -0.3 is 16.0 Å². The molecule has 5 heteroatoms. The van der Waals surface area contributed by atoms with Gasteiger partial charge >= 0.3 is 0 Å². The Bertz CT molecular complexity index is 748. The lowest BCUT2D eigenvalue weighted by atomic mass is 10.1. The van der Waals surface area contributed by atoms with Gasteiger partial charge in [-0.3, -0.25) is 0 Å². The zero-order valence-electron chi connectivity index (χ0n) is 14.4. The van der Waals surface area contributed by atoms with Crippen LogP contribution in [0.1, 0.15) is 18.1 Å². The van der Waals surface area contributed by atoms with Crippen molar-refractivity contribution < 1.29 is 0 Å². The largest absolute Gasteiger partial charge is 0.393 e. The Balaban J connectivity index is 1.94. The Hall–Kier alpha value is -3.08. The van der Waals surface area contributed by atoms with Crippen molar-refractivity contribution in [1.82, 2.24) is 9.97 Å². The van der Waals surface area contributed by atoms with Crippen LogP contribution < -0.4 is 16.0 Å². The van der Waals surface area contributed by atoms with Crippen LogP contribution in [0.25, 0.3) is 0 Å². The van der Waals surface area contributed by atoms with Crippen molar-refractivity contribution in [2.45, 2.75) is 20.0 Å². The highest BCUT2D eigenvalue weighted by atomic mass is 15.2. The van der Waals surface area contributed by atoms with Crippen LogP contribution in [0, 0.1) is 0 Å². The van der Waals surface area contributed by atoms with Gasteiger partial charge in [0.05, 0.1) is 0 Å². The van der Waals surface area contributed by atoms with Gasteiger partial charge in [0.2, 0.25) is 0 Å². The molecule has 0 atom stereocenters. The van der Waals surface area contributed by atoms with Crippen molar-refractivity contribution in [2.24, 2.45) is 0 Å². The van der Waals surface area contributed by atoms with Crippen molar-refractivity contribution >= 4 is 17.3 Å². The van der Waals surface area contributed by atoms with E-state index in [1.807, 2.05) is 43.3 Å². The van der Waals surface area contributed by atoms with E-state index in [0.29, 0.717) is 11.5 Å². The van der Waals surface area contributed by atoms with Gasteiger partial charge in [0.15, 0.2) is 11.6 Å². The average Bonchev–Trinajstić information content (AvgIpc) is 2.65. The van der Waals surface area contributed by atoms with Gasteiger partial charge in [0.25, 0.3) is 0 Å². The van der Waals surface area contributed by atoms with E-state index in [1.165, 1.54) is 11.1 Å². The lowest BCUT2D eigenvalue weighted by molar-refractivity contribution is 0.782. The number of nitrogens with two attached hydrogens (primary N) is 1. The third kappa shape index (κ3) is 4.26. The minimum atomic E-state index is 0.580. The second-order valence-electron chi connectivity index (χ2n) is 5.82. The summed E-state index contributed by atoms with van der Waals surface area (Å²) in [6.07, 6.45) is 1.56. The number of aromatic nitrogens is 2. The molecule has 0 saturated carbocycles. The molecule has 0 saturated heterocycles. The predicted molar refractivity (Wildman–Crippen MR) is 103 cm³/mol. The van der Waals surface area contributed by atoms with E-state index < -0.39 is 0 Å². The number of nitrogens with zero attached hydrogens (tertiary/aromatic N) is 3. The van der Waals surface area contributed by atoms with Gasteiger partial charge in [-0.25, -0.2) is 9.97 Å². The van der Waals surface area contributed by atoms with Crippen LogP contribution in [0.4, 0.5) is 17.3 Å². The fourth-order valence-corrected chi connectivity index (χ4v) is 2.76. The van der Waals surface area contributed by atoms with E-state index in [0.717, 1.165) is 25.5 Å². The molecule has 0 aliphatic carbocycles. The molecule has 2 aromatic carbocycles. The highest BCUT2D eigenvalue weighted by molar-refractivity contribution is 5.74. The van der Waals surface area contributed by atoms with E-state index in [1.54, 1.807) is 6.33 Å². The van der Waals surface area contributed by atoms with E-state index >= 15 is 0 Å². The summed E-state index contributed by atoms with van der Waals surface area (Å²) >= 11 is 0. The second kappa shape index (κ2) is 8.15. The smallest absolute Gasteiger partial charge is 0.158 e. The van der Waals surface area contributed by atoms with Crippen LogP contribution >= 0.6 is 0 Å². The molecule has 0 amide bonds. The van der Waals surface area contributed by atoms with Gasteiger partial charge in [0.1, 0.15) is 12.0 Å². The summed E-state index contributed by atoms with van der Waals surface area (Å²) in [5.74, 6) is 1.43. The summed E-state index contributed by atoms with van der Waals surface area (Å²) in [6.45, 7) is 4.23. The highest BCUT2D eigenvalue weighted by Crippen LogP contribution is 2.28. The topological polar surface area (TPSA) is 67.1 Å². The number of rotatable bonds is 7. The molecule has 3 rings (SSSR count). The number of benzene rings is 2. The number of nitrogen functional groups attached to an aromatic ring is 1. The molecule has 0 unspecified atom stereocenters. The van der Waals surface area contributed by atoms with Crippen LogP contribution in [-0.2, 0) is 13.1 Å². The van der Waals surface area contributed by atoms with E-state index in [2.05, 4.69) is 44.5 Å². The first-order valence-corrected chi connectivity index (χ1v) is 8.45. The van der Waals surface area contributed by atoms with E-state index in [-0.39, 0.29) is 0 Å². The third-order valence-corrected chi connectivity index (χ3v) is 3.94. The maximum absolute atomic E-state index is 6.35. The molecule has 1 heterocycles. The van der Waals surface area contributed by atoms with Gasteiger partial charge in [-0.15, -0.1) is 0 Å². The fraction of sp³-hybridized carbons (Fsp3) is 0.200. The van der Waals surface area contributed by atoms with Gasteiger partial charge in [-0.2, -0.15) is 0 Å². The summed E-state index contributed by atoms with van der Waals surface area (Å²) in [4.78, 5) is 10.9. The minimum absolute atomic E-state index is 0.580. The maximum Gasteiger partial charge on any atom is 0.158 e. The van der Waals surface area contributed by atoms with Crippen LogP contribution in [0.5, 0.6) is 0 Å². The first-order valence-electron chi connectivity index (χ1n) is 8.45. The number of hydrogen-bond donors (Lipinski definition) is 2. The van der Waals surface area contributed by atoms with E-state index in [9.17, 15) is 0 Å². The van der Waals surface area contributed by atoms with Gasteiger partial charge in [-0.1, -0.05) is 60.7 Å². The van der Waals surface area contributed by atoms with Crippen LogP contribution in [0.2, 0.25) is 0 Å². The molecule has 0 aliphatic rings. The molecule has 0 aliphatic heterocycles. The molecular formula is C20H23N5. The molecule has 0 spiro atoms. The Labute approximate surface area is 148 Å². The molecule has 3 N–H and O–H groups in total. The van der Waals surface area contributed by atoms with Crippen LogP contribution in [0.3, 0.4) is 0 Å². The second-order valence-corrected chi connectivity index (χ2v) is 5.82. The zero-order chi connectivity index (χ0) is 17.5. The molecule has 25 heavy (non-hydrogen) atoms. The van der Waals surface area contributed by atoms with E-state index in [4.69, 9.17) is 5.73 Å².